The molecule has 2 heterocycles. The van der Waals surface area contributed by atoms with Crippen molar-refractivity contribution in [1.29, 1.82) is 0 Å². The lowest BCUT2D eigenvalue weighted by Gasteiger charge is -2.29. The highest BCUT2D eigenvalue weighted by molar-refractivity contribution is 6.05. The average molecular weight is 300 g/mol. The first-order valence-electron chi connectivity index (χ1n) is 7.66. The smallest absolute Gasteiger partial charge is 0.255 e. The Bertz CT molecular complexity index is 679. The summed E-state index contributed by atoms with van der Waals surface area (Å²) in [6.45, 7) is 6.64. The number of benzene rings is 1. The second-order valence-corrected chi connectivity index (χ2v) is 6.43. The minimum atomic E-state index is -0.544. The average Bonchev–Trinajstić information content (AvgIpc) is 2.75. The summed E-state index contributed by atoms with van der Waals surface area (Å²) < 4.78 is 0. The summed E-state index contributed by atoms with van der Waals surface area (Å²) in [5.74, 6) is -0.400. The summed E-state index contributed by atoms with van der Waals surface area (Å²) >= 11 is 0. The minimum Gasteiger partial charge on any atom is -0.322 e. The number of hydrogen-bond acceptors (Lipinski definition) is 3. The third kappa shape index (κ3) is 2.30. The molecule has 0 bridgehead atoms. The predicted octanol–water partition coefficient (Wildman–Crippen LogP) is 1.88. The highest BCUT2D eigenvalue weighted by Crippen LogP contribution is 2.33. The first-order valence-corrected chi connectivity index (χ1v) is 7.66. The molecule has 0 spiro atoms. The zero-order valence-electron chi connectivity index (χ0n) is 13.1. The second-order valence-electron chi connectivity index (χ2n) is 6.43. The van der Waals surface area contributed by atoms with Crippen molar-refractivity contribution in [2.75, 3.05) is 0 Å². The first-order chi connectivity index (χ1) is 10.4. The van der Waals surface area contributed by atoms with Crippen LogP contribution in [0.5, 0.6) is 0 Å². The third-order valence-corrected chi connectivity index (χ3v) is 4.46. The first kappa shape index (κ1) is 14.8. The van der Waals surface area contributed by atoms with Gasteiger partial charge >= 0.3 is 0 Å². The van der Waals surface area contributed by atoms with Crippen LogP contribution in [0.25, 0.3) is 0 Å². The molecule has 2 aliphatic heterocycles. The highest BCUT2D eigenvalue weighted by Gasteiger charge is 2.40. The molecule has 1 aromatic carbocycles. The van der Waals surface area contributed by atoms with Crippen LogP contribution in [0.15, 0.2) is 12.1 Å². The molecule has 5 nitrogen and oxygen atoms in total. The molecule has 22 heavy (non-hydrogen) atoms. The summed E-state index contributed by atoms with van der Waals surface area (Å²) in [4.78, 5) is 37.7. The summed E-state index contributed by atoms with van der Waals surface area (Å²) in [6, 6.07) is 3.47. The molecule has 1 N–H and O–H groups in total. The molecule has 1 saturated heterocycles. The number of carbonyl (C=O) groups excluding carboxylic acids is 3. The van der Waals surface area contributed by atoms with Crippen molar-refractivity contribution < 1.29 is 14.4 Å². The van der Waals surface area contributed by atoms with Gasteiger partial charge in [0.2, 0.25) is 11.8 Å². The van der Waals surface area contributed by atoms with E-state index in [0.717, 1.165) is 16.7 Å². The van der Waals surface area contributed by atoms with Gasteiger partial charge in [-0.3, -0.25) is 19.7 Å². The van der Waals surface area contributed by atoms with Gasteiger partial charge in [0.05, 0.1) is 0 Å². The number of piperidine rings is 1. The van der Waals surface area contributed by atoms with E-state index in [2.05, 4.69) is 25.2 Å². The molecule has 0 saturated carbocycles. The van der Waals surface area contributed by atoms with Gasteiger partial charge in [-0.1, -0.05) is 25.5 Å². The van der Waals surface area contributed by atoms with Crippen molar-refractivity contribution in [3.63, 3.8) is 0 Å². The zero-order chi connectivity index (χ0) is 16.0. The van der Waals surface area contributed by atoms with Gasteiger partial charge < -0.3 is 4.90 Å². The SMILES string of the molecule is Cc1cc2c(c(C(C)C)c1)CN(C1CCC(=O)NC1=O)C2=O. The fourth-order valence-electron chi connectivity index (χ4n) is 3.35. The van der Waals surface area contributed by atoms with E-state index >= 15 is 0 Å². The largest absolute Gasteiger partial charge is 0.322 e. The van der Waals surface area contributed by atoms with Gasteiger partial charge in [0.15, 0.2) is 0 Å². The van der Waals surface area contributed by atoms with E-state index in [9.17, 15) is 14.4 Å². The molecule has 5 heteroatoms. The number of carbonyl (C=O) groups is 3. The van der Waals surface area contributed by atoms with E-state index in [1.807, 2.05) is 13.0 Å². The molecule has 3 rings (SSSR count). The molecular formula is C17H20N2O3. The fraction of sp³-hybridized carbons (Fsp3) is 0.471. The Kier molecular flexibility index (Phi) is 3.51. The Hall–Kier alpha value is -2.17. The van der Waals surface area contributed by atoms with Crippen molar-refractivity contribution in [2.45, 2.75) is 52.1 Å². The lowest BCUT2D eigenvalue weighted by Crippen LogP contribution is -2.52. The molecule has 3 amide bonds. The molecule has 116 valence electrons. The standard InChI is InChI=1S/C17H20N2O3/c1-9(2)11-6-10(3)7-12-13(11)8-19(17(12)22)14-4-5-15(20)18-16(14)21/h6-7,9,14H,4-5,8H2,1-3H3,(H,18,20,21). The van der Waals surface area contributed by atoms with Gasteiger partial charge in [0.25, 0.3) is 5.91 Å². The van der Waals surface area contributed by atoms with Crippen LogP contribution in [0.3, 0.4) is 0 Å². The molecule has 1 aromatic rings. The summed E-state index contributed by atoms with van der Waals surface area (Å²) in [6.07, 6.45) is 0.687. The van der Waals surface area contributed by atoms with Gasteiger partial charge in [-0.25, -0.2) is 0 Å². The number of nitrogens with one attached hydrogen (secondary N) is 1. The Morgan fingerprint density at radius 1 is 1.23 bits per heavy atom. The molecule has 2 aliphatic rings. The van der Waals surface area contributed by atoms with E-state index in [0.29, 0.717) is 24.4 Å². The van der Waals surface area contributed by atoms with Crippen LogP contribution in [-0.2, 0) is 16.1 Å². The molecular weight excluding hydrogens is 280 g/mol. The number of amides is 3. The summed E-state index contributed by atoms with van der Waals surface area (Å²) in [5, 5.41) is 2.33. The van der Waals surface area contributed by atoms with Crippen molar-refractivity contribution >= 4 is 17.7 Å². The fourth-order valence-corrected chi connectivity index (χ4v) is 3.35. The van der Waals surface area contributed by atoms with Crippen LogP contribution in [0.2, 0.25) is 0 Å². The summed E-state index contributed by atoms with van der Waals surface area (Å²) in [7, 11) is 0. The topological polar surface area (TPSA) is 66.5 Å². The molecule has 1 fully saturated rings. The van der Waals surface area contributed by atoms with Gasteiger partial charge in [-0.15, -0.1) is 0 Å². The van der Waals surface area contributed by atoms with E-state index < -0.39 is 6.04 Å². The molecule has 1 unspecified atom stereocenters. The lowest BCUT2D eigenvalue weighted by atomic mass is 9.92. The predicted molar refractivity (Wildman–Crippen MR) is 81.3 cm³/mol. The van der Waals surface area contributed by atoms with E-state index in [-0.39, 0.29) is 24.1 Å². The molecule has 0 aliphatic carbocycles. The van der Waals surface area contributed by atoms with Crippen LogP contribution in [0.1, 0.15) is 59.7 Å². The van der Waals surface area contributed by atoms with Gasteiger partial charge in [0, 0.05) is 18.5 Å². The van der Waals surface area contributed by atoms with Crippen LogP contribution >= 0.6 is 0 Å². The number of nitrogens with zero attached hydrogens (tertiary/aromatic N) is 1. The Balaban J connectivity index is 1.96. The van der Waals surface area contributed by atoms with Gasteiger partial charge in [0.1, 0.15) is 6.04 Å². The van der Waals surface area contributed by atoms with Crippen molar-refractivity contribution in [1.82, 2.24) is 10.2 Å². The van der Waals surface area contributed by atoms with E-state index in [1.54, 1.807) is 4.90 Å². The van der Waals surface area contributed by atoms with Crippen LogP contribution < -0.4 is 5.32 Å². The Labute approximate surface area is 129 Å². The normalized spacial score (nSPS) is 21.4. The van der Waals surface area contributed by atoms with Crippen LogP contribution in [0, 0.1) is 6.92 Å². The maximum absolute atomic E-state index is 12.7. The molecule has 1 atom stereocenters. The number of aryl methyl sites for hydroxylation is 1. The van der Waals surface area contributed by atoms with E-state index in [4.69, 9.17) is 0 Å². The maximum atomic E-state index is 12.7. The van der Waals surface area contributed by atoms with Crippen molar-refractivity contribution in [3.8, 4) is 0 Å². The number of rotatable bonds is 2. The highest BCUT2D eigenvalue weighted by atomic mass is 16.2. The molecule has 0 radical (unpaired) electrons. The maximum Gasteiger partial charge on any atom is 0.255 e. The quantitative estimate of drug-likeness (QED) is 0.848. The monoisotopic (exact) mass is 300 g/mol. The third-order valence-electron chi connectivity index (χ3n) is 4.46. The van der Waals surface area contributed by atoms with Crippen molar-refractivity contribution in [2.24, 2.45) is 0 Å². The van der Waals surface area contributed by atoms with Gasteiger partial charge in [-0.2, -0.15) is 0 Å². The van der Waals surface area contributed by atoms with Crippen LogP contribution in [0.4, 0.5) is 0 Å². The Morgan fingerprint density at radius 2 is 1.95 bits per heavy atom. The summed E-state index contributed by atoms with van der Waals surface area (Å²) in [5.41, 5.74) is 3.95. The minimum absolute atomic E-state index is 0.102. The zero-order valence-corrected chi connectivity index (χ0v) is 13.1. The van der Waals surface area contributed by atoms with Crippen molar-refractivity contribution in [3.05, 3.63) is 34.4 Å². The number of fused-ring (bicyclic) bond motifs is 1. The number of imide groups is 1. The van der Waals surface area contributed by atoms with Crippen LogP contribution in [-0.4, -0.2) is 28.7 Å². The van der Waals surface area contributed by atoms with Gasteiger partial charge in [-0.05, 0) is 36.5 Å². The second kappa shape index (κ2) is 5.23. The molecule has 0 aromatic heterocycles. The van der Waals surface area contributed by atoms with E-state index in [1.165, 1.54) is 0 Å². The Morgan fingerprint density at radius 3 is 2.59 bits per heavy atom. The number of hydrogen-bond donors (Lipinski definition) is 1. The lowest BCUT2D eigenvalue weighted by molar-refractivity contribution is -0.136.